The second-order valence-corrected chi connectivity index (χ2v) is 7.11. The highest BCUT2D eigenvalue weighted by Crippen LogP contribution is 2.26. The lowest BCUT2D eigenvalue weighted by molar-refractivity contribution is -0.116. The van der Waals surface area contributed by atoms with E-state index in [0.717, 1.165) is 5.01 Å². The Labute approximate surface area is 168 Å². The Morgan fingerprint density at radius 2 is 1.71 bits per heavy atom. The lowest BCUT2D eigenvalue weighted by atomic mass is 10.2. The molecule has 0 saturated carbocycles. The van der Waals surface area contributed by atoms with Gasteiger partial charge in [0, 0.05) is 12.8 Å². The largest absolute Gasteiger partial charge is 0.490 e. The van der Waals surface area contributed by atoms with E-state index >= 15 is 0 Å². The van der Waals surface area contributed by atoms with Crippen LogP contribution >= 0.6 is 11.3 Å². The van der Waals surface area contributed by atoms with Crippen molar-refractivity contribution in [3.8, 4) is 11.5 Å². The zero-order valence-corrected chi connectivity index (χ0v) is 16.6. The molecule has 1 N–H and O–H groups in total. The van der Waals surface area contributed by atoms with Crippen LogP contribution in [0.4, 0.5) is 5.13 Å². The smallest absolute Gasteiger partial charge is 0.226 e. The van der Waals surface area contributed by atoms with Crippen LogP contribution in [0.25, 0.3) is 0 Å². The SMILES string of the molecule is CCOc1ccccc1OCCCC(=O)Nc1nnc(Cc2ccccc2)s1. The molecule has 0 fully saturated rings. The van der Waals surface area contributed by atoms with E-state index in [-0.39, 0.29) is 5.91 Å². The summed E-state index contributed by atoms with van der Waals surface area (Å²) in [6, 6.07) is 17.6. The molecule has 0 aliphatic carbocycles. The van der Waals surface area contributed by atoms with Crippen LogP contribution in [0.2, 0.25) is 0 Å². The van der Waals surface area contributed by atoms with Crippen LogP contribution in [0.15, 0.2) is 54.6 Å². The predicted molar refractivity (Wildman–Crippen MR) is 110 cm³/mol. The molecule has 0 bridgehead atoms. The van der Waals surface area contributed by atoms with Crippen molar-refractivity contribution < 1.29 is 14.3 Å². The van der Waals surface area contributed by atoms with E-state index in [2.05, 4.69) is 15.5 Å². The molecule has 0 radical (unpaired) electrons. The van der Waals surface area contributed by atoms with Gasteiger partial charge in [-0.2, -0.15) is 0 Å². The van der Waals surface area contributed by atoms with Crippen molar-refractivity contribution in [3.63, 3.8) is 0 Å². The first-order chi connectivity index (χ1) is 13.7. The Morgan fingerprint density at radius 1 is 1.00 bits per heavy atom. The van der Waals surface area contributed by atoms with Gasteiger partial charge in [-0.15, -0.1) is 10.2 Å². The molecule has 146 valence electrons. The maximum absolute atomic E-state index is 12.1. The van der Waals surface area contributed by atoms with E-state index in [1.165, 1.54) is 16.9 Å². The number of rotatable bonds is 10. The number of nitrogens with zero attached hydrogens (tertiary/aromatic N) is 2. The third-order valence-corrected chi connectivity index (χ3v) is 4.70. The summed E-state index contributed by atoms with van der Waals surface area (Å²) in [7, 11) is 0. The summed E-state index contributed by atoms with van der Waals surface area (Å²) in [6.45, 7) is 2.95. The minimum atomic E-state index is -0.0934. The second-order valence-electron chi connectivity index (χ2n) is 6.04. The first kappa shape index (κ1) is 19.8. The second kappa shape index (κ2) is 10.4. The maximum Gasteiger partial charge on any atom is 0.226 e. The van der Waals surface area contributed by atoms with Gasteiger partial charge in [-0.3, -0.25) is 4.79 Å². The van der Waals surface area contributed by atoms with Crippen LogP contribution in [-0.4, -0.2) is 29.3 Å². The molecular formula is C21H23N3O3S. The number of aromatic nitrogens is 2. The van der Waals surface area contributed by atoms with Crippen molar-refractivity contribution in [2.75, 3.05) is 18.5 Å². The first-order valence-electron chi connectivity index (χ1n) is 9.25. The minimum absolute atomic E-state index is 0.0934. The number of carbonyl (C=O) groups excluding carboxylic acids is 1. The third-order valence-electron chi connectivity index (χ3n) is 3.87. The lowest BCUT2D eigenvalue weighted by Gasteiger charge is -2.11. The number of hydrogen-bond donors (Lipinski definition) is 1. The minimum Gasteiger partial charge on any atom is -0.490 e. The molecule has 0 atom stereocenters. The quantitative estimate of drug-likeness (QED) is 0.516. The van der Waals surface area contributed by atoms with E-state index in [4.69, 9.17) is 9.47 Å². The van der Waals surface area contributed by atoms with Gasteiger partial charge in [-0.25, -0.2) is 0 Å². The van der Waals surface area contributed by atoms with Crippen molar-refractivity contribution in [2.24, 2.45) is 0 Å². The van der Waals surface area contributed by atoms with Gasteiger partial charge in [0.25, 0.3) is 0 Å². The summed E-state index contributed by atoms with van der Waals surface area (Å²) in [5.74, 6) is 1.32. The molecule has 0 aliphatic heterocycles. The van der Waals surface area contributed by atoms with Gasteiger partial charge in [0.15, 0.2) is 11.5 Å². The zero-order valence-electron chi connectivity index (χ0n) is 15.8. The summed E-state index contributed by atoms with van der Waals surface area (Å²) >= 11 is 1.40. The Bertz CT molecular complexity index is 883. The summed E-state index contributed by atoms with van der Waals surface area (Å²) in [4.78, 5) is 12.1. The molecule has 2 aromatic carbocycles. The number of nitrogens with one attached hydrogen (secondary N) is 1. The number of anilines is 1. The molecule has 1 aromatic heterocycles. The molecule has 28 heavy (non-hydrogen) atoms. The highest BCUT2D eigenvalue weighted by atomic mass is 32.1. The molecule has 3 rings (SSSR count). The van der Waals surface area contributed by atoms with Gasteiger partial charge >= 0.3 is 0 Å². The highest BCUT2D eigenvalue weighted by molar-refractivity contribution is 7.15. The normalized spacial score (nSPS) is 10.5. The summed E-state index contributed by atoms with van der Waals surface area (Å²) in [5.41, 5.74) is 1.17. The van der Waals surface area contributed by atoms with Crippen molar-refractivity contribution in [2.45, 2.75) is 26.2 Å². The number of para-hydroxylation sites is 2. The van der Waals surface area contributed by atoms with E-state index in [1.54, 1.807) is 0 Å². The number of hydrogen-bond acceptors (Lipinski definition) is 6. The number of carbonyl (C=O) groups is 1. The van der Waals surface area contributed by atoms with E-state index in [0.29, 0.717) is 49.1 Å². The molecule has 0 unspecified atom stereocenters. The van der Waals surface area contributed by atoms with Gasteiger partial charge < -0.3 is 14.8 Å². The molecular weight excluding hydrogens is 374 g/mol. The van der Waals surface area contributed by atoms with Crippen molar-refractivity contribution in [3.05, 3.63) is 65.2 Å². The Kier molecular flexibility index (Phi) is 7.37. The van der Waals surface area contributed by atoms with Crippen LogP contribution in [0, 0.1) is 0 Å². The summed E-state index contributed by atoms with van der Waals surface area (Å²) < 4.78 is 11.3. The monoisotopic (exact) mass is 397 g/mol. The average Bonchev–Trinajstić information content (AvgIpc) is 3.14. The zero-order chi connectivity index (χ0) is 19.6. The molecule has 7 heteroatoms. The number of benzene rings is 2. The number of amides is 1. The van der Waals surface area contributed by atoms with E-state index < -0.39 is 0 Å². The van der Waals surface area contributed by atoms with Crippen LogP contribution in [0.3, 0.4) is 0 Å². The molecule has 3 aromatic rings. The molecule has 0 saturated heterocycles. The molecule has 0 aliphatic rings. The van der Waals surface area contributed by atoms with E-state index in [1.807, 2.05) is 61.5 Å². The Balaban J connectivity index is 1.40. The van der Waals surface area contributed by atoms with E-state index in [9.17, 15) is 4.79 Å². The maximum atomic E-state index is 12.1. The average molecular weight is 398 g/mol. The predicted octanol–water partition coefficient (Wildman–Crippen LogP) is 4.33. The van der Waals surface area contributed by atoms with Crippen LogP contribution < -0.4 is 14.8 Å². The van der Waals surface area contributed by atoms with Crippen LogP contribution in [0.5, 0.6) is 11.5 Å². The highest BCUT2D eigenvalue weighted by Gasteiger charge is 2.09. The third kappa shape index (κ3) is 6.06. The lowest BCUT2D eigenvalue weighted by Crippen LogP contribution is -2.12. The van der Waals surface area contributed by atoms with Crippen LogP contribution in [0.1, 0.15) is 30.3 Å². The fourth-order valence-electron chi connectivity index (χ4n) is 2.59. The van der Waals surface area contributed by atoms with Crippen molar-refractivity contribution >= 4 is 22.4 Å². The van der Waals surface area contributed by atoms with Gasteiger partial charge in [-0.05, 0) is 31.0 Å². The molecule has 1 heterocycles. The molecule has 1 amide bonds. The van der Waals surface area contributed by atoms with Crippen molar-refractivity contribution in [1.29, 1.82) is 0 Å². The number of ether oxygens (including phenoxy) is 2. The summed E-state index contributed by atoms with van der Waals surface area (Å²) in [5, 5.41) is 12.4. The van der Waals surface area contributed by atoms with Gasteiger partial charge in [0.2, 0.25) is 11.0 Å². The standard InChI is InChI=1S/C21H23N3O3S/c1-2-26-17-11-6-7-12-18(17)27-14-8-13-19(25)22-21-24-23-20(28-21)15-16-9-4-3-5-10-16/h3-7,9-12H,2,8,13-15H2,1H3,(H,22,24,25). The van der Waals surface area contributed by atoms with Gasteiger partial charge in [-0.1, -0.05) is 53.8 Å². The fraction of sp³-hybridized carbons (Fsp3) is 0.286. The van der Waals surface area contributed by atoms with Gasteiger partial charge in [0.05, 0.1) is 13.2 Å². The van der Waals surface area contributed by atoms with Crippen molar-refractivity contribution in [1.82, 2.24) is 10.2 Å². The fourth-order valence-corrected chi connectivity index (χ4v) is 3.38. The summed E-state index contributed by atoms with van der Waals surface area (Å²) in [6.07, 6.45) is 1.66. The van der Waals surface area contributed by atoms with Crippen LogP contribution in [-0.2, 0) is 11.2 Å². The molecule has 0 spiro atoms. The Hall–Kier alpha value is -2.93. The first-order valence-corrected chi connectivity index (χ1v) is 10.1. The van der Waals surface area contributed by atoms with Gasteiger partial charge in [0.1, 0.15) is 5.01 Å². The molecule has 6 nitrogen and oxygen atoms in total. The Morgan fingerprint density at radius 3 is 2.46 bits per heavy atom. The topological polar surface area (TPSA) is 73.3 Å².